The first-order valence-corrected chi connectivity index (χ1v) is 8.85. The number of aryl methyl sites for hydroxylation is 2. The maximum absolute atomic E-state index is 12.5. The van der Waals surface area contributed by atoms with Gasteiger partial charge in [-0.1, -0.05) is 11.6 Å². The molecule has 1 aliphatic rings. The lowest BCUT2D eigenvalue weighted by atomic mass is 10.1. The summed E-state index contributed by atoms with van der Waals surface area (Å²) < 4.78 is 11.2. The molecule has 2 aromatic rings. The van der Waals surface area contributed by atoms with Gasteiger partial charge in [-0.15, -0.1) is 0 Å². The van der Waals surface area contributed by atoms with Crippen molar-refractivity contribution in [2.45, 2.75) is 20.4 Å². The molecule has 25 heavy (non-hydrogen) atoms. The third-order valence-electron chi connectivity index (χ3n) is 4.50. The number of aromatic nitrogens is 1. The van der Waals surface area contributed by atoms with Crippen LogP contribution in [0.4, 0.5) is 0 Å². The normalized spacial score (nSPS) is 18.2. The molecule has 1 aromatic heterocycles. The van der Waals surface area contributed by atoms with Gasteiger partial charge in [0.1, 0.15) is 0 Å². The van der Waals surface area contributed by atoms with Crippen LogP contribution in [0.2, 0.25) is 0 Å². The number of nitrogens with one attached hydrogen (secondary N) is 2. The van der Waals surface area contributed by atoms with Gasteiger partial charge in [-0.2, -0.15) is 0 Å². The number of hydrogen-bond donors (Lipinski definition) is 2. The number of H-pyrrole nitrogens is 1. The van der Waals surface area contributed by atoms with E-state index in [1.54, 1.807) is 0 Å². The standard InChI is InChI=1S/C19H27N3O3/c1-14-9-15(2)18-16(10-14)11-17(19(23)21-18)12-22-4-7-24-6-3-20-13-25-8-5-22/h9-11,20H,3-8,12-13H2,1-2H3,(H,21,23). The summed E-state index contributed by atoms with van der Waals surface area (Å²) in [6, 6.07) is 6.23. The minimum atomic E-state index is -0.0164. The third-order valence-corrected chi connectivity index (χ3v) is 4.50. The van der Waals surface area contributed by atoms with E-state index in [1.807, 2.05) is 13.0 Å². The van der Waals surface area contributed by atoms with Crippen molar-refractivity contribution >= 4 is 10.9 Å². The van der Waals surface area contributed by atoms with Crippen LogP contribution in [0.25, 0.3) is 10.9 Å². The number of pyridine rings is 1. The van der Waals surface area contributed by atoms with Crippen LogP contribution in [-0.4, -0.2) is 56.1 Å². The van der Waals surface area contributed by atoms with E-state index in [4.69, 9.17) is 9.47 Å². The molecule has 136 valence electrons. The predicted octanol–water partition coefficient (Wildman–Crippen LogP) is 1.54. The van der Waals surface area contributed by atoms with Gasteiger partial charge in [-0.25, -0.2) is 0 Å². The summed E-state index contributed by atoms with van der Waals surface area (Å²) in [6.07, 6.45) is 0. The van der Waals surface area contributed by atoms with E-state index in [2.05, 4.69) is 34.3 Å². The SMILES string of the molecule is Cc1cc(C)c2[nH]c(=O)c(CN3CCOCCNCOCC3)cc2c1. The number of ether oxygens (including phenoxy) is 2. The minimum absolute atomic E-state index is 0.0164. The highest BCUT2D eigenvalue weighted by molar-refractivity contribution is 5.82. The number of benzene rings is 1. The van der Waals surface area contributed by atoms with Crippen molar-refractivity contribution in [3.05, 3.63) is 45.2 Å². The fourth-order valence-corrected chi connectivity index (χ4v) is 3.21. The molecule has 0 unspecified atom stereocenters. The molecule has 6 heteroatoms. The van der Waals surface area contributed by atoms with E-state index in [-0.39, 0.29) is 5.56 Å². The topological polar surface area (TPSA) is 66.6 Å². The molecule has 0 atom stereocenters. The summed E-state index contributed by atoms with van der Waals surface area (Å²) >= 11 is 0. The zero-order valence-corrected chi connectivity index (χ0v) is 15.1. The van der Waals surface area contributed by atoms with E-state index < -0.39 is 0 Å². The molecule has 0 aliphatic carbocycles. The van der Waals surface area contributed by atoms with Gasteiger partial charge in [0, 0.05) is 31.7 Å². The molecular weight excluding hydrogens is 318 g/mol. The van der Waals surface area contributed by atoms with E-state index in [0.717, 1.165) is 41.7 Å². The van der Waals surface area contributed by atoms with Crippen molar-refractivity contribution in [1.29, 1.82) is 0 Å². The van der Waals surface area contributed by atoms with Crippen molar-refractivity contribution in [2.24, 2.45) is 0 Å². The summed E-state index contributed by atoms with van der Waals surface area (Å²) in [5.41, 5.74) is 3.99. The van der Waals surface area contributed by atoms with Gasteiger partial charge in [0.2, 0.25) is 0 Å². The summed E-state index contributed by atoms with van der Waals surface area (Å²) in [5, 5.41) is 4.25. The number of nitrogens with zero attached hydrogens (tertiary/aromatic N) is 1. The van der Waals surface area contributed by atoms with Crippen LogP contribution < -0.4 is 10.9 Å². The van der Waals surface area contributed by atoms with Crippen molar-refractivity contribution in [1.82, 2.24) is 15.2 Å². The fraction of sp³-hybridized carbons (Fsp3) is 0.526. The third kappa shape index (κ3) is 4.89. The Bertz CT molecular complexity index is 760. The molecule has 0 radical (unpaired) electrons. The van der Waals surface area contributed by atoms with Crippen LogP contribution >= 0.6 is 0 Å². The van der Waals surface area contributed by atoms with Crippen LogP contribution in [0.1, 0.15) is 16.7 Å². The van der Waals surface area contributed by atoms with Crippen molar-refractivity contribution in [3.8, 4) is 0 Å². The Morgan fingerprint density at radius 3 is 2.72 bits per heavy atom. The number of aromatic amines is 1. The van der Waals surface area contributed by atoms with Crippen molar-refractivity contribution in [2.75, 3.05) is 46.2 Å². The molecule has 1 fully saturated rings. The quantitative estimate of drug-likeness (QED) is 0.864. The summed E-state index contributed by atoms with van der Waals surface area (Å²) in [4.78, 5) is 17.8. The molecule has 0 amide bonds. The van der Waals surface area contributed by atoms with Crippen molar-refractivity contribution < 1.29 is 9.47 Å². The second kappa shape index (κ2) is 8.58. The maximum Gasteiger partial charge on any atom is 0.252 e. The van der Waals surface area contributed by atoms with Crippen LogP contribution in [0.15, 0.2) is 23.0 Å². The molecule has 6 nitrogen and oxygen atoms in total. The van der Waals surface area contributed by atoms with Gasteiger partial charge < -0.3 is 14.5 Å². The average Bonchev–Trinajstić information content (AvgIpc) is 2.62. The van der Waals surface area contributed by atoms with Gasteiger partial charge in [-0.05, 0) is 36.9 Å². The summed E-state index contributed by atoms with van der Waals surface area (Å²) in [5.74, 6) is 0. The van der Waals surface area contributed by atoms with Gasteiger partial charge in [0.15, 0.2) is 0 Å². The zero-order chi connectivity index (χ0) is 17.6. The van der Waals surface area contributed by atoms with Crippen molar-refractivity contribution in [3.63, 3.8) is 0 Å². The Morgan fingerprint density at radius 1 is 1.08 bits per heavy atom. The minimum Gasteiger partial charge on any atom is -0.379 e. The Hall–Kier alpha value is -1.73. The van der Waals surface area contributed by atoms with Gasteiger partial charge in [-0.3, -0.25) is 15.0 Å². The zero-order valence-electron chi connectivity index (χ0n) is 15.1. The van der Waals surface area contributed by atoms with E-state index in [1.165, 1.54) is 5.56 Å². The first kappa shape index (κ1) is 18.1. The Kier molecular flexibility index (Phi) is 6.20. The molecule has 0 bridgehead atoms. The van der Waals surface area contributed by atoms with E-state index in [9.17, 15) is 4.79 Å². The molecular formula is C19H27N3O3. The summed E-state index contributed by atoms with van der Waals surface area (Å²) in [7, 11) is 0. The highest BCUT2D eigenvalue weighted by Gasteiger charge is 2.12. The van der Waals surface area contributed by atoms with Gasteiger partial charge in [0.05, 0.1) is 32.1 Å². The highest BCUT2D eigenvalue weighted by atomic mass is 16.5. The second-order valence-electron chi connectivity index (χ2n) is 6.61. The molecule has 3 rings (SSSR count). The predicted molar refractivity (Wildman–Crippen MR) is 99.0 cm³/mol. The molecule has 0 spiro atoms. The van der Waals surface area contributed by atoms with Gasteiger partial charge >= 0.3 is 0 Å². The lowest BCUT2D eigenvalue weighted by molar-refractivity contribution is 0.0868. The van der Waals surface area contributed by atoms with Crippen LogP contribution in [0.3, 0.4) is 0 Å². The average molecular weight is 345 g/mol. The smallest absolute Gasteiger partial charge is 0.252 e. The first-order chi connectivity index (χ1) is 12.1. The van der Waals surface area contributed by atoms with Crippen LogP contribution in [0.5, 0.6) is 0 Å². The van der Waals surface area contributed by atoms with E-state index in [0.29, 0.717) is 33.1 Å². The maximum atomic E-state index is 12.5. The Labute approximate surface area is 148 Å². The molecule has 0 saturated carbocycles. The Morgan fingerprint density at radius 2 is 1.88 bits per heavy atom. The number of fused-ring (bicyclic) bond motifs is 1. The molecule has 1 aliphatic heterocycles. The summed E-state index contributed by atoms with van der Waals surface area (Å²) in [6.45, 7) is 9.56. The number of rotatable bonds is 2. The van der Waals surface area contributed by atoms with E-state index >= 15 is 0 Å². The number of hydrogen-bond acceptors (Lipinski definition) is 5. The fourth-order valence-electron chi connectivity index (χ4n) is 3.21. The Balaban J connectivity index is 1.79. The first-order valence-electron chi connectivity index (χ1n) is 8.85. The molecule has 1 aromatic carbocycles. The molecule has 1 saturated heterocycles. The lowest BCUT2D eigenvalue weighted by Crippen LogP contribution is -2.33. The van der Waals surface area contributed by atoms with Crippen LogP contribution in [0, 0.1) is 13.8 Å². The van der Waals surface area contributed by atoms with Crippen LogP contribution in [-0.2, 0) is 16.0 Å². The van der Waals surface area contributed by atoms with Gasteiger partial charge in [0.25, 0.3) is 5.56 Å². The monoisotopic (exact) mass is 345 g/mol. The second-order valence-corrected chi connectivity index (χ2v) is 6.61. The highest BCUT2D eigenvalue weighted by Crippen LogP contribution is 2.18. The molecule has 2 N–H and O–H groups in total. The molecule has 2 heterocycles. The lowest BCUT2D eigenvalue weighted by Gasteiger charge is -2.21. The largest absolute Gasteiger partial charge is 0.379 e.